The molecule has 0 aliphatic carbocycles. The molecule has 0 bridgehead atoms. The molecular weight excluding hydrogens is 340 g/mol. The fourth-order valence-corrected chi connectivity index (χ4v) is 4.40. The second kappa shape index (κ2) is 9.79. The Labute approximate surface area is 161 Å². The third-order valence-electron chi connectivity index (χ3n) is 4.80. The van der Waals surface area contributed by atoms with Crippen LogP contribution < -0.4 is 5.32 Å². The van der Waals surface area contributed by atoms with Gasteiger partial charge in [0.2, 0.25) is 5.91 Å². The van der Waals surface area contributed by atoms with Gasteiger partial charge >= 0.3 is 0 Å². The van der Waals surface area contributed by atoms with Gasteiger partial charge in [0.05, 0.1) is 5.92 Å². The minimum Gasteiger partial charge on any atom is -0.326 e. The maximum Gasteiger partial charge on any atom is 0.231 e. The maximum absolute atomic E-state index is 12.9. The number of carbonyl (C=O) groups is 1. The van der Waals surface area contributed by atoms with Crippen molar-refractivity contribution in [3.05, 3.63) is 65.7 Å². The number of amides is 1. The number of benzene rings is 2. The van der Waals surface area contributed by atoms with E-state index in [1.165, 1.54) is 17.1 Å². The van der Waals surface area contributed by atoms with Gasteiger partial charge < -0.3 is 5.32 Å². The average molecular weight is 369 g/mol. The highest BCUT2D eigenvalue weighted by Gasteiger charge is 2.20. The zero-order valence-corrected chi connectivity index (χ0v) is 16.3. The Bertz CT molecular complexity index is 698. The summed E-state index contributed by atoms with van der Waals surface area (Å²) < 4.78 is 0. The quantitative estimate of drug-likeness (QED) is 0.765. The number of hydrogen-bond donors (Lipinski definition) is 1. The number of nitrogens with zero attached hydrogens (tertiary/aromatic N) is 1. The van der Waals surface area contributed by atoms with E-state index in [9.17, 15) is 4.79 Å². The van der Waals surface area contributed by atoms with Crippen LogP contribution in [0.3, 0.4) is 0 Å². The molecule has 1 aliphatic heterocycles. The van der Waals surface area contributed by atoms with Gasteiger partial charge in [-0.3, -0.25) is 9.69 Å². The van der Waals surface area contributed by atoms with Crippen LogP contribution in [0.1, 0.15) is 36.8 Å². The van der Waals surface area contributed by atoms with Crippen molar-refractivity contribution in [1.29, 1.82) is 0 Å². The Morgan fingerprint density at radius 1 is 1.12 bits per heavy atom. The Morgan fingerprint density at radius 3 is 2.62 bits per heavy atom. The lowest BCUT2D eigenvalue weighted by Crippen LogP contribution is -2.32. The van der Waals surface area contributed by atoms with Crippen molar-refractivity contribution in [3.63, 3.8) is 0 Å². The smallest absolute Gasteiger partial charge is 0.231 e. The van der Waals surface area contributed by atoms with E-state index in [2.05, 4.69) is 29.3 Å². The van der Waals surface area contributed by atoms with E-state index in [0.717, 1.165) is 43.7 Å². The summed E-state index contributed by atoms with van der Waals surface area (Å²) in [6.45, 7) is 5.38. The number of thioether (sulfide) groups is 1. The van der Waals surface area contributed by atoms with Crippen LogP contribution in [0.25, 0.3) is 0 Å². The summed E-state index contributed by atoms with van der Waals surface area (Å²) in [5.41, 5.74) is 3.26. The van der Waals surface area contributed by atoms with Crippen LogP contribution in [0.2, 0.25) is 0 Å². The Hall–Kier alpha value is -1.78. The van der Waals surface area contributed by atoms with Crippen molar-refractivity contribution in [2.75, 3.05) is 29.9 Å². The summed E-state index contributed by atoms with van der Waals surface area (Å²) in [5.74, 6) is 2.42. The molecule has 1 saturated heterocycles. The van der Waals surface area contributed by atoms with Crippen LogP contribution in [0.15, 0.2) is 54.6 Å². The first-order valence-electron chi connectivity index (χ1n) is 9.51. The van der Waals surface area contributed by atoms with Crippen molar-refractivity contribution >= 4 is 23.4 Å². The Morgan fingerprint density at radius 2 is 1.88 bits per heavy atom. The fourth-order valence-electron chi connectivity index (χ4n) is 3.42. The third-order valence-corrected chi connectivity index (χ3v) is 5.74. The van der Waals surface area contributed by atoms with E-state index in [4.69, 9.17) is 0 Å². The van der Waals surface area contributed by atoms with Gasteiger partial charge in [0.1, 0.15) is 0 Å². The van der Waals surface area contributed by atoms with Crippen LogP contribution in [0.5, 0.6) is 0 Å². The number of carbonyl (C=O) groups excluding carboxylic acids is 1. The lowest BCUT2D eigenvalue weighted by Gasteiger charge is -2.26. The second-order valence-corrected chi connectivity index (χ2v) is 8.05. The van der Waals surface area contributed by atoms with Gasteiger partial charge in [-0.2, -0.15) is 11.8 Å². The minimum absolute atomic E-state index is 0.0876. The third kappa shape index (κ3) is 5.36. The molecule has 1 unspecified atom stereocenters. The molecule has 3 nitrogen and oxygen atoms in total. The summed E-state index contributed by atoms with van der Waals surface area (Å²) in [6.07, 6.45) is 1.85. The highest BCUT2D eigenvalue weighted by Crippen LogP contribution is 2.24. The van der Waals surface area contributed by atoms with Gasteiger partial charge in [0.15, 0.2) is 0 Å². The van der Waals surface area contributed by atoms with Gasteiger partial charge in [-0.25, -0.2) is 0 Å². The first kappa shape index (κ1) is 19.0. The van der Waals surface area contributed by atoms with E-state index in [1.807, 2.05) is 54.2 Å². The summed E-state index contributed by atoms with van der Waals surface area (Å²) >= 11 is 2.03. The SMILES string of the molecule is CCCC(C(=O)Nc1cccc(CN2CCSCC2)c1)c1ccccc1. The molecule has 1 heterocycles. The standard InChI is InChI=1S/C22H28N2OS/c1-2-7-21(19-9-4-3-5-10-19)22(25)23-20-11-6-8-18(16-20)17-24-12-14-26-15-13-24/h3-6,8-11,16,21H,2,7,12-15,17H2,1H3,(H,23,25). The van der Waals surface area contributed by atoms with Crippen LogP contribution >= 0.6 is 11.8 Å². The van der Waals surface area contributed by atoms with Crippen molar-refractivity contribution in [3.8, 4) is 0 Å². The molecule has 4 heteroatoms. The largest absolute Gasteiger partial charge is 0.326 e. The number of rotatable bonds is 7. The normalized spacial score (nSPS) is 16.2. The molecule has 1 aliphatic rings. The zero-order valence-electron chi connectivity index (χ0n) is 15.5. The predicted molar refractivity (Wildman–Crippen MR) is 112 cm³/mol. The van der Waals surface area contributed by atoms with E-state index < -0.39 is 0 Å². The van der Waals surface area contributed by atoms with E-state index in [-0.39, 0.29) is 11.8 Å². The van der Waals surface area contributed by atoms with Crippen molar-refractivity contribution in [2.45, 2.75) is 32.2 Å². The Kier molecular flexibility index (Phi) is 7.15. The molecule has 0 aromatic heterocycles. The monoisotopic (exact) mass is 368 g/mol. The molecule has 26 heavy (non-hydrogen) atoms. The van der Waals surface area contributed by atoms with Crippen LogP contribution in [-0.2, 0) is 11.3 Å². The molecule has 0 saturated carbocycles. The van der Waals surface area contributed by atoms with Crippen molar-refractivity contribution in [2.24, 2.45) is 0 Å². The van der Waals surface area contributed by atoms with Crippen LogP contribution in [0, 0.1) is 0 Å². The molecule has 3 rings (SSSR count). The topological polar surface area (TPSA) is 32.3 Å². The molecule has 1 N–H and O–H groups in total. The average Bonchev–Trinajstić information content (AvgIpc) is 2.68. The lowest BCUT2D eigenvalue weighted by atomic mass is 9.93. The highest BCUT2D eigenvalue weighted by molar-refractivity contribution is 7.99. The number of hydrogen-bond acceptors (Lipinski definition) is 3. The van der Waals surface area contributed by atoms with Crippen molar-refractivity contribution < 1.29 is 4.79 Å². The highest BCUT2D eigenvalue weighted by atomic mass is 32.2. The van der Waals surface area contributed by atoms with Gasteiger partial charge in [0.25, 0.3) is 0 Å². The number of nitrogens with one attached hydrogen (secondary N) is 1. The summed E-state index contributed by atoms with van der Waals surface area (Å²) in [4.78, 5) is 15.4. The molecule has 0 spiro atoms. The van der Waals surface area contributed by atoms with Crippen LogP contribution in [-0.4, -0.2) is 35.4 Å². The molecule has 2 aromatic carbocycles. The van der Waals surface area contributed by atoms with E-state index in [0.29, 0.717) is 0 Å². The summed E-state index contributed by atoms with van der Waals surface area (Å²) in [5, 5.41) is 3.14. The number of anilines is 1. The Balaban J connectivity index is 1.66. The first-order valence-corrected chi connectivity index (χ1v) is 10.7. The molecule has 138 valence electrons. The first-order chi connectivity index (χ1) is 12.8. The summed E-state index contributed by atoms with van der Waals surface area (Å²) in [6, 6.07) is 18.4. The molecular formula is C22H28N2OS. The van der Waals surface area contributed by atoms with Gasteiger partial charge in [-0.15, -0.1) is 0 Å². The second-order valence-electron chi connectivity index (χ2n) is 6.83. The van der Waals surface area contributed by atoms with Gasteiger partial charge in [-0.1, -0.05) is 55.8 Å². The maximum atomic E-state index is 12.9. The fraction of sp³-hybridized carbons (Fsp3) is 0.409. The van der Waals surface area contributed by atoms with E-state index >= 15 is 0 Å². The molecule has 1 amide bonds. The molecule has 0 radical (unpaired) electrons. The minimum atomic E-state index is -0.0935. The van der Waals surface area contributed by atoms with Crippen molar-refractivity contribution in [1.82, 2.24) is 4.90 Å². The predicted octanol–water partition coefficient (Wildman–Crippen LogP) is 4.76. The van der Waals surface area contributed by atoms with Gasteiger partial charge in [-0.05, 0) is 29.7 Å². The lowest BCUT2D eigenvalue weighted by molar-refractivity contribution is -0.117. The molecule has 2 aromatic rings. The van der Waals surface area contributed by atoms with Gasteiger partial charge in [0, 0.05) is 36.8 Å². The summed E-state index contributed by atoms with van der Waals surface area (Å²) in [7, 11) is 0. The zero-order chi connectivity index (χ0) is 18.2. The molecule has 1 atom stereocenters. The van der Waals surface area contributed by atoms with Crippen LogP contribution in [0.4, 0.5) is 5.69 Å². The van der Waals surface area contributed by atoms with E-state index in [1.54, 1.807) is 0 Å². The molecule has 1 fully saturated rings.